The molecular formula is C16H25NO. The predicted octanol–water partition coefficient (Wildman–Crippen LogP) is 3.55. The fourth-order valence-corrected chi connectivity index (χ4v) is 1.67. The predicted molar refractivity (Wildman–Crippen MR) is 77.2 cm³/mol. The van der Waals surface area contributed by atoms with Gasteiger partial charge in [0.2, 0.25) is 0 Å². The van der Waals surface area contributed by atoms with E-state index in [9.17, 15) is 4.79 Å². The minimum absolute atomic E-state index is 0.135. The number of Topliss-reactive ketones (excluding diaryl/α,β-unsaturated/α-hetero) is 1. The average molecular weight is 247 g/mol. The Hall–Kier alpha value is -1.15. The Morgan fingerprint density at radius 1 is 1.22 bits per heavy atom. The number of ketones is 1. The van der Waals surface area contributed by atoms with E-state index in [4.69, 9.17) is 0 Å². The summed E-state index contributed by atoms with van der Waals surface area (Å²) in [5, 5.41) is 3.23. The first-order valence-corrected chi connectivity index (χ1v) is 6.71. The van der Waals surface area contributed by atoms with Gasteiger partial charge in [0.05, 0.1) is 6.54 Å². The van der Waals surface area contributed by atoms with Crippen molar-refractivity contribution in [2.45, 2.75) is 52.5 Å². The van der Waals surface area contributed by atoms with E-state index in [2.05, 4.69) is 52.1 Å². The molecule has 0 aliphatic heterocycles. The topological polar surface area (TPSA) is 29.1 Å². The molecule has 1 N–H and O–H groups in total. The van der Waals surface area contributed by atoms with E-state index in [0.717, 1.165) is 12.0 Å². The highest BCUT2D eigenvalue weighted by Crippen LogP contribution is 2.22. The van der Waals surface area contributed by atoms with Gasteiger partial charge in [-0.2, -0.15) is 0 Å². The number of hydrogen-bond donors (Lipinski definition) is 1. The van der Waals surface area contributed by atoms with E-state index < -0.39 is 0 Å². The van der Waals surface area contributed by atoms with Gasteiger partial charge >= 0.3 is 0 Å². The van der Waals surface area contributed by atoms with E-state index in [1.165, 1.54) is 5.56 Å². The smallest absolute Gasteiger partial charge is 0.176 e. The molecule has 2 heteroatoms. The van der Waals surface area contributed by atoms with Gasteiger partial charge in [-0.15, -0.1) is 0 Å². The van der Waals surface area contributed by atoms with Crippen LogP contribution in [0.25, 0.3) is 0 Å². The summed E-state index contributed by atoms with van der Waals surface area (Å²) in [6, 6.07) is 8.36. The van der Waals surface area contributed by atoms with Gasteiger partial charge in [0.15, 0.2) is 5.78 Å². The summed E-state index contributed by atoms with van der Waals surface area (Å²) in [6.07, 6.45) is 1.04. The zero-order chi connectivity index (χ0) is 13.8. The molecule has 0 spiro atoms. The zero-order valence-electron chi connectivity index (χ0n) is 12.2. The average Bonchev–Trinajstić information content (AvgIpc) is 2.34. The molecule has 1 atom stereocenters. The Bertz CT molecular complexity index is 387. The van der Waals surface area contributed by atoms with E-state index in [-0.39, 0.29) is 11.2 Å². The largest absolute Gasteiger partial charge is 0.307 e. The maximum atomic E-state index is 12.0. The summed E-state index contributed by atoms with van der Waals surface area (Å²) in [6.45, 7) is 11.1. The molecule has 1 rings (SSSR count). The number of carbonyl (C=O) groups excluding carboxylic acids is 1. The third-order valence-corrected chi connectivity index (χ3v) is 3.30. The highest BCUT2D eigenvalue weighted by Gasteiger charge is 2.14. The van der Waals surface area contributed by atoms with Crippen molar-refractivity contribution in [1.29, 1.82) is 0 Å². The van der Waals surface area contributed by atoms with Crippen molar-refractivity contribution in [2.75, 3.05) is 6.54 Å². The van der Waals surface area contributed by atoms with Crippen LogP contribution in [0.5, 0.6) is 0 Å². The summed E-state index contributed by atoms with van der Waals surface area (Å²) in [5.74, 6) is 0.163. The van der Waals surface area contributed by atoms with Crippen LogP contribution < -0.4 is 5.32 Å². The molecule has 0 radical (unpaired) electrons. The molecule has 0 aliphatic rings. The molecule has 0 aliphatic carbocycles. The van der Waals surface area contributed by atoms with Gasteiger partial charge in [0.1, 0.15) is 0 Å². The summed E-state index contributed by atoms with van der Waals surface area (Å²) in [7, 11) is 0. The molecule has 1 unspecified atom stereocenters. The Labute approximate surface area is 111 Å². The highest BCUT2D eigenvalue weighted by atomic mass is 16.1. The van der Waals surface area contributed by atoms with Crippen molar-refractivity contribution in [2.24, 2.45) is 0 Å². The number of carbonyl (C=O) groups is 1. The van der Waals surface area contributed by atoms with Crippen molar-refractivity contribution in [1.82, 2.24) is 5.32 Å². The van der Waals surface area contributed by atoms with Crippen LogP contribution in [0, 0.1) is 0 Å². The van der Waals surface area contributed by atoms with Gasteiger partial charge in [-0.3, -0.25) is 4.79 Å². The minimum atomic E-state index is 0.135. The van der Waals surface area contributed by atoms with Crippen LogP contribution in [0.2, 0.25) is 0 Å². The Balaban J connectivity index is 2.65. The summed E-state index contributed by atoms with van der Waals surface area (Å²) in [4.78, 5) is 12.0. The van der Waals surface area contributed by atoms with Gasteiger partial charge < -0.3 is 5.32 Å². The molecule has 0 heterocycles. The SMILES string of the molecule is CCC(C)NCC(=O)c1ccc(C(C)(C)C)cc1. The third kappa shape index (κ3) is 4.26. The van der Waals surface area contributed by atoms with Crippen LogP contribution in [-0.2, 0) is 5.41 Å². The van der Waals surface area contributed by atoms with Gasteiger partial charge in [0.25, 0.3) is 0 Å². The maximum Gasteiger partial charge on any atom is 0.176 e. The standard InChI is InChI=1S/C16H25NO/c1-6-12(2)17-11-15(18)13-7-9-14(10-8-13)16(3,4)5/h7-10,12,17H,6,11H2,1-5H3. The number of rotatable bonds is 5. The van der Waals surface area contributed by atoms with Crippen LogP contribution in [0.3, 0.4) is 0 Å². The lowest BCUT2D eigenvalue weighted by Gasteiger charge is -2.19. The molecule has 1 aromatic rings. The quantitative estimate of drug-likeness (QED) is 0.806. The molecule has 2 nitrogen and oxygen atoms in total. The van der Waals surface area contributed by atoms with Crippen molar-refractivity contribution in [3.63, 3.8) is 0 Å². The van der Waals surface area contributed by atoms with Gasteiger partial charge in [-0.25, -0.2) is 0 Å². The first-order chi connectivity index (χ1) is 8.34. The van der Waals surface area contributed by atoms with Crippen LogP contribution in [-0.4, -0.2) is 18.4 Å². The third-order valence-electron chi connectivity index (χ3n) is 3.30. The number of hydrogen-bond acceptors (Lipinski definition) is 2. The van der Waals surface area contributed by atoms with Crippen molar-refractivity contribution >= 4 is 5.78 Å². The summed E-state index contributed by atoms with van der Waals surface area (Å²) >= 11 is 0. The molecule has 0 saturated carbocycles. The Morgan fingerprint density at radius 2 is 1.78 bits per heavy atom. The highest BCUT2D eigenvalue weighted by molar-refractivity contribution is 5.97. The molecule has 0 amide bonds. The van der Waals surface area contributed by atoms with Crippen LogP contribution in [0.1, 0.15) is 57.0 Å². The first kappa shape index (κ1) is 14.9. The molecule has 0 aromatic heterocycles. The van der Waals surface area contributed by atoms with Gasteiger partial charge in [-0.05, 0) is 24.3 Å². The van der Waals surface area contributed by atoms with E-state index in [0.29, 0.717) is 12.6 Å². The monoisotopic (exact) mass is 247 g/mol. The molecule has 0 fully saturated rings. The Kier molecular flexibility index (Phi) is 5.09. The lowest BCUT2D eigenvalue weighted by molar-refractivity contribution is 0.0987. The van der Waals surface area contributed by atoms with Crippen LogP contribution in [0.15, 0.2) is 24.3 Å². The molecule has 0 saturated heterocycles. The second kappa shape index (κ2) is 6.14. The van der Waals surface area contributed by atoms with Crippen LogP contribution >= 0.6 is 0 Å². The molecule has 0 bridgehead atoms. The fourth-order valence-electron chi connectivity index (χ4n) is 1.67. The fraction of sp³-hybridized carbons (Fsp3) is 0.562. The van der Waals surface area contributed by atoms with Gasteiger partial charge in [0, 0.05) is 11.6 Å². The molecule has 100 valence electrons. The zero-order valence-corrected chi connectivity index (χ0v) is 12.2. The van der Waals surface area contributed by atoms with E-state index >= 15 is 0 Å². The Morgan fingerprint density at radius 3 is 2.22 bits per heavy atom. The van der Waals surface area contributed by atoms with Crippen LogP contribution in [0.4, 0.5) is 0 Å². The van der Waals surface area contributed by atoms with Crippen molar-refractivity contribution in [3.05, 3.63) is 35.4 Å². The summed E-state index contributed by atoms with van der Waals surface area (Å²) in [5.41, 5.74) is 2.18. The summed E-state index contributed by atoms with van der Waals surface area (Å²) < 4.78 is 0. The lowest BCUT2D eigenvalue weighted by atomic mass is 9.86. The molecular weight excluding hydrogens is 222 g/mol. The van der Waals surface area contributed by atoms with E-state index in [1.807, 2.05) is 12.1 Å². The van der Waals surface area contributed by atoms with Gasteiger partial charge in [-0.1, -0.05) is 52.0 Å². The minimum Gasteiger partial charge on any atom is -0.307 e. The molecule has 1 aromatic carbocycles. The van der Waals surface area contributed by atoms with Crippen molar-refractivity contribution in [3.8, 4) is 0 Å². The first-order valence-electron chi connectivity index (χ1n) is 6.71. The molecule has 18 heavy (non-hydrogen) atoms. The second-order valence-corrected chi connectivity index (χ2v) is 5.94. The maximum absolute atomic E-state index is 12.0. The number of nitrogens with one attached hydrogen (secondary N) is 1. The number of benzene rings is 1. The normalized spacial score (nSPS) is 13.4. The lowest BCUT2D eigenvalue weighted by Crippen LogP contribution is -2.30. The van der Waals surface area contributed by atoms with E-state index in [1.54, 1.807) is 0 Å². The van der Waals surface area contributed by atoms with Crippen molar-refractivity contribution < 1.29 is 4.79 Å². The second-order valence-electron chi connectivity index (χ2n) is 5.94.